The first-order chi connectivity index (χ1) is 7.70. The number of nitrogens with zero attached hydrogens (tertiary/aromatic N) is 2. The largest absolute Gasteiger partial charge is 0.395 e. The highest BCUT2D eigenvalue weighted by molar-refractivity contribution is 4.87. The molecule has 0 unspecified atom stereocenters. The van der Waals surface area contributed by atoms with Crippen LogP contribution in [0, 0.1) is 5.92 Å². The third-order valence-electron chi connectivity index (χ3n) is 3.94. The SMILES string of the molecule is CC(C)N1CCN(CC2CNC2)[C@H](CO)C1. The molecule has 0 saturated carbocycles. The van der Waals surface area contributed by atoms with E-state index in [4.69, 9.17) is 0 Å². The van der Waals surface area contributed by atoms with Crippen LogP contribution in [0.1, 0.15) is 13.8 Å². The molecule has 94 valence electrons. The molecular formula is C12H25N3O. The molecule has 2 fully saturated rings. The van der Waals surface area contributed by atoms with Crippen LogP contribution in [-0.4, -0.2) is 72.9 Å². The van der Waals surface area contributed by atoms with Gasteiger partial charge in [0.1, 0.15) is 0 Å². The zero-order chi connectivity index (χ0) is 11.5. The van der Waals surface area contributed by atoms with Crippen molar-refractivity contribution in [1.82, 2.24) is 15.1 Å². The van der Waals surface area contributed by atoms with Crippen molar-refractivity contribution in [3.8, 4) is 0 Å². The van der Waals surface area contributed by atoms with Crippen molar-refractivity contribution in [2.75, 3.05) is 45.9 Å². The second kappa shape index (κ2) is 5.45. The molecular weight excluding hydrogens is 202 g/mol. The van der Waals surface area contributed by atoms with E-state index in [1.807, 2.05) is 0 Å². The van der Waals surface area contributed by atoms with E-state index in [2.05, 4.69) is 29.0 Å². The van der Waals surface area contributed by atoms with Crippen LogP contribution >= 0.6 is 0 Å². The normalized spacial score (nSPS) is 29.6. The van der Waals surface area contributed by atoms with Crippen molar-refractivity contribution in [3.05, 3.63) is 0 Å². The third kappa shape index (κ3) is 2.74. The Morgan fingerprint density at radius 3 is 2.56 bits per heavy atom. The van der Waals surface area contributed by atoms with Gasteiger partial charge in [-0.1, -0.05) is 0 Å². The van der Waals surface area contributed by atoms with Gasteiger partial charge in [-0.25, -0.2) is 0 Å². The number of rotatable bonds is 4. The van der Waals surface area contributed by atoms with E-state index in [0.717, 1.165) is 45.2 Å². The number of aliphatic hydroxyl groups is 1. The van der Waals surface area contributed by atoms with Crippen LogP contribution in [0.4, 0.5) is 0 Å². The lowest BCUT2D eigenvalue weighted by Gasteiger charge is -2.44. The number of hydrogen-bond acceptors (Lipinski definition) is 4. The standard InChI is InChI=1S/C12H25N3O/c1-10(2)14-3-4-15(12(8-14)9-16)7-11-5-13-6-11/h10-13,16H,3-9H2,1-2H3/t12-/m0/s1. The van der Waals surface area contributed by atoms with Gasteiger partial charge in [-0.2, -0.15) is 0 Å². The summed E-state index contributed by atoms with van der Waals surface area (Å²) >= 11 is 0. The smallest absolute Gasteiger partial charge is 0.0599 e. The number of hydrogen-bond donors (Lipinski definition) is 2. The van der Waals surface area contributed by atoms with Crippen molar-refractivity contribution < 1.29 is 5.11 Å². The maximum atomic E-state index is 9.48. The van der Waals surface area contributed by atoms with Crippen LogP contribution in [0.3, 0.4) is 0 Å². The Labute approximate surface area is 98.6 Å². The molecule has 2 rings (SSSR count). The van der Waals surface area contributed by atoms with Crippen LogP contribution in [0.5, 0.6) is 0 Å². The van der Waals surface area contributed by atoms with Crippen molar-refractivity contribution in [2.45, 2.75) is 25.9 Å². The summed E-state index contributed by atoms with van der Waals surface area (Å²) in [6.45, 7) is 11.5. The second-order valence-electron chi connectivity index (χ2n) is 5.44. The maximum absolute atomic E-state index is 9.48. The van der Waals surface area contributed by atoms with E-state index in [1.54, 1.807) is 0 Å². The van der Waals surface area contributed by atoms with Gasteiger partial charge in [0.05, 0.1) is 6.61 Å². The number of nitrogens with one attached hydrogen (secondary N) is 1. The van der Waals surface area contributed by atoms with Gasteiger partial charge in [-0.3, -0.25) is 9.80 Å². The molecule has 0 aromatic heterocycles. The lowest BCUT2D eigenvalue weighted by Crippen LogP contribution is -2.59. The van der Waals surface area contributed by atoms with Crippen LogP contribution in [-0.2, 0) is 0 Å². The summed E-state index contributed by atoms with van der Waals surface area (Å²) < 4.78 is 0. The molecule has 0 bridgehead atoms. The first-order valence-corrected chi connectivity index (χ1v) is 6.50. The predicted octanol–water partition coefficient (Wildman–Crippen LogP) is -0.407. The van der Waals surface area contributed by atoms with E-state index in [9.17, 15) is 5.11 Å². The summed E-state index contributed by atoms with van der Waals surface area (Å²) in [6.07, 6.45) is 0. The minimum atomic E-state index is 0.295. The van der Waals surface area contributed by atoms with E-state index in [1.165, 1.54) is 0 Å². The van der Waals surface area contributed by atoms with Gasteiger partial charge in [0.25, 0.3) is 0 Å². The molecule has 0 spiro atoms. The topological polar surface area (TPSA) is 38.7 Å². The fourth-order valence-electron chi connectivity index (χ4n) is 2.61. The quantitative estimate of drug-likeness (QED) is 0.685. The molecule has 2 saturated heterocycles. The Bertz CT molecular complexity index is 218. The van der Waals surface area contributed by atoms with Crippen LogP contribution in [0.25, 0.3) is 0 Å². The molecule has 16 heavy (non-hydrogen) atoms. The Kier molecular flexibility index (Phi) is 4.19. The summed E-state index contributed by atoms with van der Waals surface area (Å²) in [6, 6.07) is 0.943. The first kappa shape index (κ1) is 12.3. The minimum absolute atomic E-state index is 0.295. The molecule has 2 heterocycles. The first-order valence-electron chi connectivity index (χ1n) is 6.50. The fraction of sp³-hybridized carbons (Fsp3) is 1.00. The summed E-state index contributed by atoms with van der Waals surface area (Å²) in [7, 11) is 0. The maximum Gasteiger partial charge on any atom is 0.0599 e. The second-order valence-corrected chi connectivity index (χ2v) is 5.44. The summed E-state index contributed by atoms with van der Waals surface area (Å²) in [5.41, 5.74) is 0. The molecule has 2 aliphatic rings. The van der Waals surface area contributed by atoms with Crippen LogP contribution in [0.15, 0.2) is 0 Å². The Balaban J connectivity index is 1.84. The highest BCUT2D eigenvalue weighted by atomic mass is 16.3. The Morgan fingerprint density at radius 1 is 1.31 bits per heavy atom. The van der Waals surface area contributed by atoms with Gasteiger partial charge in [0, 0.05) is 51.4 Å². The molecule has 0 aromatic rings. The van der Waals surface area contributed by atoms with Crippen LogP contribution < -0.4 is 5.32 Å². The van der Waals surface area contributed by atoms with Crippen molar-refractivity contribution in [1.29, 1.82) is 0 Å². The van der Waals surface area contributed by atoms with Crippen molar-refractivity contribution in [2.24, 2.45) is 5.92 Å². The zero-order valence-corrected chi connectivity index (χ0v) is 10.5. The predicted molar refractivity (Wildman–Crippen MR) is 65.5 cm³/mol. The molecule has 4 nitrogen and oxygen atoms in total. The number of piperazine rings is 1. The molecule has 2 N–H and O–H groups in total. The van der Waals surface area contributed by atoms with E-state index in [0.29, 0.717) is 18.7 Å². The highest BCUT2D eigenvalue weighted by Gasteiger charge is 2.30. The molecule has 0 radical (unpaired) electrons. The average Bonchev–Trinajstić information content (AvgIpc) is 2.23. The lowest BCUT2D eigenvalue weighted by atomic mass is 10.0. The van der Waals surface area contributed by atoms with E-state index in [-0.39, 0.29) is 0 Å². The van der Waals surface area contributed by atoms with Gasteiger partial charge >= 0.3 is 0 Å². The third-order valence-corrected chi connectivity index (χ3v) is 3.94. The van der Waals surface area contributed by atoms with Crippen LogP contribution in [0.2, 0.25) is 0 Å². The zero-order valence-electron chi connectivity index (χ0n) is 10.5. The lowest BCUT2D eigenvalue weighted by molar-refractivity contribution is 0.0136. The van der Waals surface area contributed by atoms with E-state index < -0.39 is 0 Å². The summed E-state index contributed by atoms with van der Waals surface area (Å²) in [5.74, 6) is 0.805. The minimum Gasteiger partial charge on any atom is -0.395 e. The molecule has 0 aliphatic carbocycles. The van der Waals surface area contributed by atoms with Gasteiger partial charge in [0.2, 0.25) is 0 Å². The van der Waals surface area contributed by atoms with Gasteiger partial charge < -0.3 is 10.4 Å². The Hall–Kier alpha value is -0.160. The molecule has 0 aromatic carbocycles. The van der Waals surface area contributed by atoms with Gasteiger partial charge in [0.15, 0.2) is 0 Å². The molecule has 0 amide bonds. The van der Waals surface area contributed by atoms with E-state index >= 15 is 0 Å². The molecule has 1 atom stereocenters. The Morgan fingerprint density at radius 2 is 2.06 bits per heavy atom. The summed E-state index contributed by atoms with van der Waals surface area (Å²) in [4.78, 5) is 4.95. The fourth-order valence-corrected chi connectivity index (χ4v) is 2.61. The van der Waals surface area contributed by atoms with Crippen molar-refractivity contribution >= 4 is 0 Å². The van der Waals surface area contributed by atoms with Crippen molar-refractivity contribution in [3.63, 3.8) is 0 Å². The van der Waals surface area contributed by atoms with Gasteiger partial charge in [-0.15, -0.1) is 0 Å². The molecule has 2 aliphatic heterocycles. The monoisotopic (exact) mass is 227 g/mol. The number of aliphatic hydroxyl groups excluding tert-OH is 1. The molecule has 4 heteroatoms. The average molecular weight is 227 g/mol. The summed E-state index contributed by atoms with van der Waals surface area (Å²) in [5, 5.41) is 12.8. The highest BCUT2D eigenvalue weighted by Crippen LogP contribution is 2.15. The van der Waals surface area contributed by atoms with Gasteiger partial charge in [-0.05, 0) is 19.8 Å².